The topological polar surface area (TPSA) is 67.8 Å². The van der Waals surface area contributed by atoms with E-state index in [1.165, 1.54) is 18.2 Å². The number of esters is 1. The van der Waals surface area contributed by atoms with Crippen LogP contribution in [0.2, 0.25) is 0 Å². The molecule has 0 aliphatic rings. The zero-order valence-electron chi connectivity index (χ0n) is 23.5. The highest BCUT2D eigenvalue weighted by atomic mass is 127. The van der Waals surface area contributed by atoms with Crippen molar-refractivity contribution in [1.29, 1.82) is 0 Å². The van der Waals surface area contributed by atoms with E-state index in [4.69, 9.17) is 9.10 Å². The third kappa shape index (κ3) is 6.70. The van der Waals surface area contributed by atoms with Gasteiger partial charge in [-0.25, -0.2) is 9.59 Å². The van der Waals surface area contributed by atoms with Crippen LogP contribution in [0.1, 0.15) is 47.8 Å². The number of ether oxygens (including phenoxy) is 1. The van der Waals surface area contributed by atoms with E-state index in [-0.39, 0.29) is 5.41 Å². The Morgan fingerprint density at radius 3 is 2.00 bits per heavy atom. The van der Waals surface area contributed by atoms with E-state index in [9.17, 15) is 9.59 Å². The number of anilines is 1. The highest BCUT2D eigenvalue weighted by Gasteiger charge is 2.20. The van der Waals surface area contributed by atoms with Crippen LogP contribution in [0.15, 0.2) is 99.1 Å². The van der Waals surface area contributed by atoms with E-state index in [2.05, 4.69) is 117 Å². The second kappa shape index (κ2) is 12.5. The first-order chi connectivity index (χ1) is 19.0. The Hall–Kier alpha value is -3.30. The van der Waals surface area contributed by atoms with Crippen molar-refractivity contribution in [1.82, 2.24) is 0 Å². The Morgan fingerprint density at radius 2 is 1.43 bits per heavy atom. The maximum absolute atomic E-state index is 13.4. The molecule has 4 aromatic rings. The summed E-state index contributed by atoms with van der Waals surface area (Å²) in [5, 5.41) is 2.88. The van der Waals surface area contributed by atoms with Crippen LogP contribution in [0.25, 0.3) is 11.1 Å². The number of hydrogen-bond acceptors (Lipinski definition) is 3. The van der Waals surface area contributed by atoms with Crippen LogP contribution in [-0.2, 0) is 20.8 Å². The molecule has 0 saturated carbocycles. The second-order valence-electron chi connectivity index (χ2n) is 10.5. The fourth-order valence-electron chi connectivity index (χ4n) is 4.42. The van der Waals surface area contributed by atoms with Gasteiger partial charge in [-0.2, -0.15) is 4.36 Å². The number of urea groups is 1. The molecule has 5 nitrogen and oxygen atoms in total. The number of aryl methyl sites for hydroxylation is 2. The number of hydrogen-bond donors (Lipinski definition) is 1. The van der Waals surface area contributed by atoms with Crippen molar-refractivity contribution in [2.24, 2.45) is 4.36 Å². The number of benzene rings is 4. The first kappa shape index (κ1) is 29.7. The van der Waals surface area contributed by atoms with E-state index in [0.29, 0.717) is 11.3 Å². The summed E-state index contributed by atoms with van der Waals surface area (Å²) in [6, 6.07) is 27.0. The number of rotatable bonds is 5. The Labute approximate surface area is 252 Å². The minimum atomic E-state index is -0.907. The molecule has 1 atom stereocenters. The maximum Gasteiger partial charge on any atom is 0.352 e. The zero-order chi connectivity index (χ0) is 29.0. The number of halogens is 1. The van der Waals surface area contributed by atoms with Crippen LogP contribution in [0.5, 0.6) is 0 Å². The third-order valence-corrected chi connectivity index (χ3v) is 9.31. The van der Waals surface area contributed by atoms with Gasteiger partial charge < -0.3 is 10.1 Å². The number of nitrogens with zero attached hydrogens (tertiary/aromatic N) is 1. The lowest BCUT2D eigenvalue weighted by atomic mass is 9.87. The molecule has 0 saturated heterocycles. The lowest BCUT2D eigenvalue weighted by molar-refractivity contribution is 0.0600. The van der Waals surface area contributed by atoms with Gasteiger partial charge in [0.2, 0.25) is 0 Å². The van der Waals surface area contributed by atoms with Gasteiger partial charge in [0.15, 0.2) is 0 Å². The summed E-state index contributed by atoms with van der Waals surface area (Å²) in [6.45, 7) is 10.8. The maximum atomic E-state index is 13.4. The van der Waals surface area contributed by atoms with Gasteiger partial charge in [0.25, 0.3) is 0 Å². The van der Waals surface area contributed by atoms with Crippen molar-refractivity contribution >= 4 is 51.0 Å². The molecule has 2 amide bonds. The third-order valence-electron chi connectivity index (χ3n) is 6.59. The average Bonchev–Trinajstić information content (AvgIpc) is 2.92. The molecule has 7 heteroatoms. The van der Waals surface area contributed by atoms with Crippen molar-refractivity contribution in [2.45, 2.75) is 49.8 Å². The molecule has 0 aliphatic heterocycles. The highest BCUT2D eigenvalue weighted by Crippen LogP contribution is 2.38. The largest absolute Gasteiger partial charge is 0.465 e. The van der Waals surface area contributed by atoms with E-state index in [1.807, 2.05) is 6.07 Å². The molecule has 0 spiro atoms. The van der Waals surface area contributed by atoms with Gasteiger partial charge in [-0.3, -0.25) is 0 Å². The predicted molar refractivity (Wildman–Crippen MR) is 172 cm³/mol. The molecule has 4 aromatic carbocycles. The predicted octanol–water partition coefficient (Wildman–Crippen LogP) is 9.11. The van der Waals surface area contributed by atoms with Gasteiger partial charge in [0, 0.05) is 24.6 Å². The van der Waals surface area contributed by atoms with E-state index < -0.39 is 22.7 Å². The van der Waals surface area contributed by atoms with Gasteiger partial charge in [0.1, 0.15) is 0 Å². The van der Waals surface area contributed by atoms with Crippen LogP contribution in [0.3, 0.4) is 0 Å². The van der Waals surface area contributed by atoms with Crippen molar-refractivity contribution in [2.75, 3.05) is 12.4 Å². The van der Waals surface area contributed by atoms with Crippen LogP contribution in [0, 0.1) is 17.4 Å². The first-order valence-corrected chi connectivity index (χ1v) is 15.2. The molecule has 0 aliphatic carbocycles. The molecular weight excluding hydrogens is 631 g/mol. The second-order valence-corrected chi connectivity index (χ2v) is 13.4. The monoisotopic (exact) mass is 664 g/mol. The smallest absolute Gasteiger partial charge is 0.352 e. The fourth-order valence-corrected chi connectivity index (χ4v) is 7.05. The number of carbonyl (C=O) groups excluding carboxylic acids is 2. The number of amides is 2. The molecule has 0 bridgehead atoms. The van der Waals surface area contributed by atoms with Gasteiger partial charge in [0.05, 0.1) is 12.7 Å². The van der Waals surface area contributed by atoms with Crippen molar-refractivity contribution in [3.8, 4) is 11.1 Å². The lowest BCUT2D eigenvalue weighted by Crippen LogP contribution is -2.12. The van der Waals surface area contributed by atoms with Gasteiger partial charge in [-0.15, -0.1) is 0 Å². The summed E-state index contributed by atoms with van der Waals surface area (Å²) < 4.78 is 10.7. The van der Waals surface area contributed by atoms with Crippen LogP contribution in [-0.4, -0.2) is 19.1 Å². The summed E-state index contributed by atoms with van der Waals surface area (Å²) in [5.74, 6) is -0.430. The zero-order valence-corrected chi connectivity index (χ0v) is 26.5. The van der Waals surface area contributed by atoms with E-state index in [1.54, 1.807) is 24.3 Å². The lowest BCUT2D eigenvalue weighted by Gasteiger charge is -2.21. The summed E-state index contributed by atoms with van der Waals surface area (Å²) in [5.41, 5.74) is 6.74. The standard InChI is InChI=1S/C33H33IN2O3S/c1-21-9-7-11-27(34)29(21)30-22(2)10-8-12-28(30)40(26-19-15-24(16-20-26)33(3,4)5)36-32(38)35-25-17-13-23(14-18-25)31(37)39-6/h7-20H,1-6H3,(H,35,38). The SMILES string of the molecule is COC(=O)c1ccc(NC(=O)N=S(c2ccc(C(C)(C)C)cc2)c2cccc(C)c2-c2c(C)cccc2I)cc1. The molecule has 0 radical (unpaired) electrons. The molecule has 0 aromatic heterocycles. The quantitative estimate of drug-likeness (QED) is 0.171. The normalized spacial score (nSPS) is 12.2. The van der Waals surface area contributed by atoms with Gasteiger partial charge in [-0.05, 0) is 123 Å². The molecule has 0 heterocycles. The first-order valence-electron chi connectivity index (χ1n) is 12.9. The number of methoxy groups -OCH3 is 1. The minimum absolute atomic E-state index is 0.00771. The van der Waals surface area contributed by atoms with Crippen LogP contribution in [0.4, 0.5) is 10.5 Å². The molecule has 0 fully saturated rings. The molecule has 1 N–H and O–H groups in total. The Morgan fingerprint density at radius 1 is 0.825 bits per heavy atom. The summed E-state index contributed by atoms with van der Waals surface area (Å²) >= 11 is 2.38. The summed E-state index contributed by atoms with van der Waals surface area (Å²) in [4.78, 5) is 27.1. The molecule has 40 heavy (non-hydrogen) atoms. The highest BCUT2D eigenvalue weighted by molar-refractivity contribution is 14.1. The number of nitrogens with one attached hydrogen (secondary N) is 1. The Kier molecular flexibility index (Phi) is 9.26. The Balaban J connectivity index is 1.85. The molecule has 206 valence electrons. The van der Waals surface area contributed by atoms with E-state index >= 15 is 0 Å². The van der Waals surface area contributed by atoms with Crippen LogP contribution >= 0.6 is 22.6 Å². The van der Waals surface area contributed by atoms with Crippen molar-refractivity contribution in [3.05, 3.63) is 111 Å². The van der Waals surface area contributed by atoms with Crippen molar-refractivity contribution < 1.29 is 14.3 Å². The fraction of sp³-hybridized carbons (Fsp3) is 0.212. The van der Waals surface area contributed by atoms with Crippen LogP contribution < -0.4 is 5.32 Å². The van der Waals surface area contributed by atoms with Gasteiger partial charge >= 0.3 is 12.0 Å². The molecule has 1 unspecified atom stereocenters. The minimum Gasteiger partial charge on any atom is -0.465 e. The van der Waals surface area contributed by atoms with Gasteiger partial charge in [-0.1, -0.05) is 57.2 Å². The molecular formula is C33H33IN2O3S. The number of carbonyl (C=O) groups is 2. The Bertz CT molecular complexity index is 1570. The average molecular weight is 665 g/mol. The summed E-state index contributed by atoms with van der Waals surface area (Å²) in [7, 11) is 0.430. The van der Waals surface area contributed by atoms with Crippen molar-refractivity contribution in [3.63, 3.8) is 0 Å². The van der Waals surface area contributed by atoms with E-state index in [0.717, 1.165) is 30.1 Å². The summed E-state index contributed by atoms with van der Waals surface area (Å²) in [6.07, 6.45) is 0. The molecule has 4 rings (SSSR count).